The molecular formula is C16H12Cl2N4O3S. The lowest BCUT2D eigenvalue weighted by Crippen LogP contribution is -2.02. The molecule has 0 atom stereocenters. The number of benzene rings is 1. The number of aliphatic carboxylic acids is 1. The zero-order valence-electron chi connectivity index (χ0n) is 13.4. The number of carboxylic acids is 1. The molecule has 0 fully saturated rings. The Morgan fingerprint density at radius 2 is 2.08 bits per heavy atom. The lowest BCUT2D eigenvalue weighted by Gasteiger charge is -2.04. The monoisotopic (exact) mass is 410 g/mol. The molecule has 0 radical (unpaired) electrons. The summed E-state index contributed by atoms with van der Waals surface area (Å²) >= 11 is 13.3. The van der Waals surface area contributed by atoms with Gasteiger partial charge in [0.1, 0.15) is 5.76 Å². The van der Waals surface area contributed by atoms with Gasteiger partial charge < -0.3 is 9.52 Å². The minimum absolute atomic E-state index is 0.176. The van der Waals surface area contributed by atoms with Crippen LogP contribution in [0.3, 0.4) is 0 Å². The molecule has 7 nitrogen and oxygen atoms in total. The SMILES string of the molecule is Cc1occc1-c1nnc(SCC(=O)O)n1N=Cc1c(Cl)cccc1Cl. The summed E-state index contributed by atoms with van der Waals surface area (Å²) < 4.78 is 6.74. The smallest absolute Gasteiger partial charge is 0.313 e. The minimum atomic E-state index is -0.969. The van der Waals surface area contributed by atoms with E-state index in [2.05, 4.69) is 15.3 Å². The topological polar surface area (TPSA) is 93.5 Å². The zero-order chi connectivity index (χ0) is 18.7. The van der Waals surface area contributed by atoms with Gasteiger partial charge in [-0.05, 0) is 25.1 Å². The third-order valence-corrected chi connectivity index (χ3v) is 4.90. The Morgan fingerprint density at radius 3 is 2.69 bits per heavy atom. The van der Waals surface area contributed by atoms with E-state index in [1.54, 1.807) is 31.2 Å². The molecule has 1 N–H and O–H groups in total. The summed E-state index contributed by atoms with van der Waals surface area (Å²) in [5.41, 5.74) is 1.23. The van der Waals surface area contributed by atoms with E-state index >= 15 is 0 Å². The first kappa shape index (κ1) is 18.5. The number of hydrogen-bond acceptors (Lipinski definition) is 6. The van der Waals surface area contributed by atoms with Crippen molar-refractivity contribution in [1.29, 1.82) is 0 Å². The Balaban J connectivity index is 2.05. The van der Waals surface area contributed by atoms with Crippen LogP contribution in [0.4, 0.5) is 0 Å². The molecule has 0 bridgehead atoms. The molecule has 0 amide bonds. The summed E-state index contributed by atoms with van der Waals surface area (Å²) in [5.74, 6) is -0.0862. The van der Waals surface area contributed by atoms with Crippen LogP contribution in [0.2, 0.25) is 10.0 Å². The normalized spacial score (nSPS) is 11.3. The average molecular weight is 411 g/mol. The van der Waals surface area contributed by atoms with Crippen molar-refractivity contribution in [1.82, 2.24) is 14.9 Å². The molecule has 0 aliphatic heterocycles. The Kier molecular flexibility index (Phi) is 5.65. The summed E-state index contributed by atoms with van der Waals surface area (Å²) in [4.78, 5) is 10.9. The van der Waals surface area contributed by atoms with Gasteiger partial charge in [0.05, 0.1) is 33.8 Å². The summed E-state index contributed by atoms with van der Waals surface area (Å²) in [7, 11) is 0. The first-order chi connectivity index (χ1) is 12.5. The Morgan fingerprint density at radius 1 is 1.35 bits per heavy atom. The molecule has 134 valence electrons. The lowest BCUT2D eigenvalue weighted by atomic mass is 10.2. The predicted molar refractivity (Wildman–Crippen MR) is 100 cm³/mol. The highest BCUT2D eigenvalue weighted by molar-refractivity contribution is 7.99. The highest BCUT2D eigenvalue weighted by Crippen LogP contribution is 2.28. The number of carbonyl (C=O) groups is 1. The van der Waals surface area contributed by atoms with Crippen LogP contribution in [-0.4, -0.2) is 37.9 Å². The number of rotatable bonds is 6. The van der Waals surface area contributed by atoms with Crippen molar-refractivity contribution in [2.75, 3.05) is 5.75 Å². The van der Waals surface area contributed by atoms with Gasteiger partial charge in [-0.1, -0.05) is 41.0 Å². The molecule has 0 saturated heterocycles. The second-order valence-corrected chi connectivity index (χ2v) is 6.83. The Hall–Kier alpha value is -2.29. The third-order valence-electron chi connectivity index (χ3n) is 3.34. The molecule has 10 heteroatoms. The zero-order valence-corrected chi connectivity index (χ0v) is 15.7. The van der Waals surface area contributed by atoms with Crippen molar-refractivity contribution in [3.05, 3.63) is 51.9 Å². The highest BCUT2D eigenvalue weighted by Gasteiger charge is 2.18. The van der Waals surface area contributed by atoms with E-state index < -0.39 is 5.97 Å². The van der Waals surface area contributed by atoms with Gasteiger partial charge in [-0.25, -0.2) is 0 Å². The first-order valence-electron chi connectivity index (χ1n) is 7.30. The van der Waals surface area contributed by atoms with Crippen LogP contribution >= 0.6 is 35.0 Å². The van der Waals surface area contributed by atoms with Gasteiger partial charge in [0, 0.05) is 5.56 Å². The maximum Gasteiger partial charge on any atom is 0.313 e. The van der Waals surface area contributed by atoms with Gasteiger partial charge >= 0.3 is 5.97 Å². The molecular weight excluding hydrogens is 399 g/mol. The molecule has 0 saturated carbocycles. The van der Waals surface area contributed by atoms with Gasteiger partial charge in [0.2, 0.25) is 5.16 Å². The fourth-order valence-corrected chi connectivity index (χ4v) is 3.22. The van der Waals surface area contributed by atoms with E-state index in [9.17, 15) is 4.79 Å². The van der Waals surface area contributed by atoms with Crippen LogP contribution in [-0.2, 0) is 4.79 Å². The van der Waals surface area contributed by atoms with Crippen molar-refractivity contribution in [2.45, 2.75) is 12.1 Å². The van der Waals surface area contributed by atoms with Crippen LogP contribution in [0.15, 0.2) is 45.2 Å². The van der Waals surface area contributed by atoms with Crippen LogP contribution in [0.5, 0.6) is 0 Å². The first-order valence-corrected chi connectivity index (χ1v) is 9.04. The summed E-state index contributed by atoms with van der Waals surface area (Å²) in [5, 5.41) is 22.6. The molecule has 2 heterocycles. The highest BCUT2D eigenvalue weighted by atomic mass is 35.5. The number of aryl methyl sites for hydroxylation is 1. The summed E-state index contributed by atoms with van der Waals surface area (Å²) in [6, 6.07) is 6.86. The molecule has 1 aromatic carbocycles. The van der Waals surface area contributed by atoms with Gasteiger partial charge in [-0.2, -0.15) is 9.78 Å². The lowest BCUT2D eigenvalue weighted by molar-refractivity contribution is -0.133. The number of aromatic nitrogens is 3. The third kappa shape index (κ3) is 3.92. The van der Waals surface area contributed by atoms with Crippen LogP contribution in [0.1, 0.15) is 11.3 Å². The molecule has 0 spiro atoms. The van der Waals surface area contributed by atoms with Gasteiger partial charge in [-0.15, -0.1) is 10.2 Å². The molecule has 0 unspecified atom stereocenters. The van der Waals surface area contributed by atoms with E-state index in [0.29, 0.717) is 37.9 Å². The maximum absolute atomic E-state index is 10.9. The minimum Gasteiger partial charge on any atom is -0.481 e. The number of halogens is 2. The van der Waals surface area contributed by atoms with Crippen molar-refractivity contribution in [3.8, 4) is 11.4 Å². The molecule has 3 aromatic rings. The second kappa shape index (κ2) is 7.94. The average Bonchev–Trinajstić information content (AvgIpc) is 3.18. The van der Waals surface area contributed by atoms with Crippen molar-refractivity contribution >= 4 is 47.1 Å². The number of hydrogen-bond donors (Lipinski definition) is 1. The quantitative estimate of drug-likeness (QED) is 0.483. The van der Waals surface area contributed by atoms with E-state index in [1.807, 2.05) is 0 Å². The molecule has 26 heavy (non-hydrogen) atoms. The predicted octanol–water partition coefficient (Wildman–Crippen LogP) is 4.21. The fraction of sp³-hybridized carbons (Fsp3) is 0.125. The second-order valence-electron chi connectivity index (χ2n) is 5.07. The molecule has 3 rings (SSSR count). The number of thioether (sulfide) groups is 1. The molecule has 0 aliphatic carbocycles. The number of carboxylic acid groups (broad SMARTS) is 1. The van der Waals surface area contributed by atoms with Crippen molar-refractivity contribution in [3.63, 3.8) is 0 Å². The number of nitrogens with zero attached hydrogens (tertiary/aromatic N) is 4. The van der Waals surface area contributed by atoms with E-state index in [-0.39, 0.29) is 5.75 Å². The van der Waals surface area contributed by atoms with Crippen molar-refractivity contribution in [2.24, 2.45) is 5.10 Å². The van der Waals surface area contributed by atoms with Crippen LogP contribution in [0.25, 0.3) is 11.4 Å². The standard InChI is InChI=1S/C16H12Cl2N4O3S/c1-9-10(5-6-25-9)15-20-21-16(26-8-14(23)24)22(15)19-7-11-12(17)3-2-4-13(11)18/h2-7H,8H2,1H3,(H,23,24). The van der Waals surface area contributed by atoms with E-state index in [4.69, 9.17) is 32.7 Å². The summed E-state index contributed by atoms with van der Waals surface area (Å²) in [6.45, 7) is 1.78. The molecule has 2 aromatic heterocycles. The van der Waals surface area contributed by atoms with Crippen molar-refractivity contribution < 1.29 is 14.3 Å². The van der Waals surface area contributed by atoms with Crippen LogP contribution in [0, 0.1) is 6.92 Å². The molecule has 0 aliphatic rings. The summed E-state index contributed by atoms with van der Waals surface area (Å²) in [6.07, 6.45) is 3.01. The fourth-order valence-electron chi connectivity index (χ4n) is 2.12. The van der Waals surface area contributed by atoms with Gasteiger partial charge in [0.15, 0.2) is 5.82 Å². The Labute approximate surface area is 162 Å². The maximum atomic E-state index is 10.9. The van der Waals surface area contributed by atoms with E-state index in [0.717, 1.165) is 11.8 Å². The Bertz CT molecular complexity index is 964. The van der Waals surface area contributed by atoms with Crippen LogP contribution < -0.4 is 0 Å². The number of furan rings is 1. The van der Waals surface area contributed by atoms with Gasteiger partial charge in [-0.3, -0.25) is 4.79 Å². The van der Waals surface area contributed by atoms with Gasteiger partial charge in [0.25, 0.3) is 0 Å². The van der Waals surface area contributed by atoms with E-state index in [1.165, 1.54) is 17.2 Å². The largest absolute Gasteiger partial charge is 0.481 e.